The van der Waals surface area contributed by atoms with Crippen LogP contribution in [0, 0.1) is 17.0 Å². The highest BCUT2D eigenvalue weighted by molar-refractivity contribution is 7.91. The molecule has 28 heavy (non-hydrogen) atoms. The van der Waals surface area contributed by atoms with Crippen LogP contribution in [0.4, 0.5) is 17.1 Å². The second-order valence-corrected chi connectivity index (χ2v) is 8.95. The van der Waals surface area contributed by atoms with Crippen LogP contribution in [0.2, 0.25) is 0 Å². The van der Waals surface area contributed by atoms with Crippen molar-refractivity contribution in [1.29, 1.82) is 0 Å². The van der Waals surface area contributed by atoms with Gasteiger partial charge in [-0.3, -0.25) is 14.9 Å². The van der Waals surface area contributed by atoms with Gasteiger partial charge in [0.1, 0.15) is 0 Å². The predicted octanol–water partition coefficient (Wildman–Crippen LogP) is 2.54. The van der Waals surface area contributed by atoms with Gasteiger partial charge in [0.15, 0.2) is 9.84 Å². The number of hydrogen-bond acceptors (Lipinski definition) is 6. The standard InChI is InChI=1S/C19H21N3O5S/c1-14-17(8-5-9-18(14)22(24)25)20-12-19(23)21(15-6-3-2-4-7-15)16-10-11-28(26,27)13-16/h2-9,16,20H,10-13H2,1H3. The number of rotatable bonds is 6. The lowest BCUT2D eigenvalue weighted by atomic mass is 10.1. The number of nitrogens with one attached hydrogen (secondary N) is 1. The molecule has 1 aliphatic heterocycles. The predicted molar refractivity (Wildman–Crippen MR) is 107 cm³/mol. The first-order chi connectivity index (χ1) is 13.3. The summed E-state index contributed by atoms with van der Waals surface area (Å²) in [7, 11) is -3.16. The molecule has 148 valence electrons. The normalized spacial score (nSPS) is 17.8. The highest BCUT2D eigenvalue weighted by Gasteiger charge is 2.35. The molecule has 0 aliphatic carbocycles. The first-order valence-electron chi connectivity index (χ1n) is 8.84. The Morgan fingerprint density at radius 1 is 1.21 bits per heavy atom. The lowest BCUT2D eigenvalue weighted by Gasteiger charge is -2.28. The maximum Gasteiger partial charge on any atom is 0.274 e. The van der Waals surface area contributed by atoms with E-state index in [-0.39, 0.29) is 29.6 Å². The highest BCUT2D eigenvalue weighted by Crippen LogP contribution is 2.27. The highest BCUT2D eigenvalue weighted by atomic mass is 32.2. The topological polar surface area (TPSA) is 110 Å². The van der Waals surface area contributed by atoms with Gasteiger partial charge in [-0.15, -0.1) is 0 Å². The van der Waals surface area contributed by atoms with Crippen LogP contribution in [0.1, 0.15) is 12.0 Å². The van der Waals surface area contributed by atoms with Crippen LogP contribution in [-0.2, 0) is 14.6 Å². The second-order valence-electron chi connectivity index (χ2n) is 6.72. The molecule has 1 aliphatic rings. The number of hydrogen-bond donors (Lipinski definition) is 1. The average Bonchev–Trinajstić information content (AvgIpc) is 3.01. The number of nitrogens with zero attached hydrogens (tertiary/aromatic N) is 2. The lowest BCUT2D eigenvalue weighted by Crippen LogP contribution is -2.44. The fourth-order valence-corrected chi connectivity index (χ4v) is 5.09. The fraction of sp³-hybridized carbons (Fsp3) is 0.316. The molecule has 1 atom stereocenters. The molecule has 0 radical (unpaired) electrons. The summed E-state index contributed by atoms with van der Waals surface area (Å²) >= 11 is 0. The number of amides is 1. The van der Waals surface area contributed by atoms with E-state index in [4.69, 9.17) is 0 Å². The van der Waals surface area contributed by atoms with Gasteiger partial charge in [0.05, 0.1) is 29.0 Å². The van der Waals surface area contributed by atoms with Crippen LogP contribution in [0.5, 0.6) is 0 Å². The van der Waals surface area contributed by atoms with Gasteiger partial charge in [0, 0.05) is 23.0 Å². The van der Waals surface area contributed by atoms with Gasteiger partial charge in [0.2, 0.25) is 5.91 Å². The first kappa shape index (κ1) is 19.8. The van der Waals surface area contributed by atoms with Gasteiger partial charge in [-0.2, -0.15) is 0 Å². The molecule has 2 aromatic rings. The molecule has 1 amide bonds. The summed E-state index contributed by atoms with van der Waals surface area (Å²) in [6.45, 7) is 1.51. The molecule has 3 rings (SSSR count). The molecule has 9 heteroatoms. The minimum absolute atomic E-state index is 0.0285. The monoisotopic (exact) mass is 403 g/mol. The van der Waals surface area contributed by atoms with E-state index in [0.717, 1.165) is 0 Å². The van der Waals surface area contributed by atoms with Crippen molar-refractivity contribution in [2.45, 2.75) is 19.4 Å². The third kappa shape index (κ3) is 4.30. The van der Waals surface area contributed by atoms with Gasteiger partial charge in [-0.05, 0) is 31.5 Å². The molecule has 8 nitrogen and oxygen atoms in total. The van der Waals surface area contributed by atoms with E-state index in [0.29, 0.717) is 23.4 Å². The van der Waals surface area contributed by atoms with Crippen molar-refractivity contribution in [3.8, 4) is 0 Å². The molecule has 1 fully saturated rings. The quantitative estimate of drug-likeness (QED) is 0.586. The maximum atomic E-state index is 13.0. The van der Waals surface area contributed by atoms with Crippen molar-refractivity contribution in [1.82, 2.24) is 0 Å². The van der Waals surface area contributed by atoms with Crippen LogP contribution in [0.25, 0.3) is 0 Å². The van der Waals surface area contributed by atoms with Gasteiger partial charge in [-0.1, -0.05) is 24.3 Å². The Morgan fingerprint density at radius 3 is 2.54 bits per heavy atom. The molecule has 1 heterocycles. The fourth-order valence-electron chi connectivity index (χ4n) is 3.39. The number of carbonyl (C=O) groups excluding carboxylic acids is 1. The summed E-state index contributed by atoms with van der Waals surface area (Å²) in [6.07, 6.45) is 0.388. The van der Waals surface area contributed by atoms with Crippen LogP contribution in [-0.4, -0.2) is 43.3 Å². The average molecular weight is 403 g/mol. The van der Waals surface area contributed by atoms with Gasteiger partial charge >= 0.3 is 0 Å². The zero-order valence-electron chi connectivity index (χ0n) is 15.4. The molecule has 1 N–H and O–H groups in total. The van der Waals surface area contributed by atoms with E-state index < -0.39 is 20.8 Å². The molecule has 1 saturated heterocycles. The van der Waals surface area contributed by atoms with Gasteiger partial charge in [-0.25, -0.2) is 8.42 Å². The Kier molecular flexibility index (Phi) is 5.64. The summed E-state index contributed by atoms with van der Waals surface area (Å²) in [5.41, 5.74) is 1.54. The summed E-state index contributed by atoms with van der Waals surface area (Å²) in [5.74, 6) is -0.297. The number of anilines is 2. The smallest absolute Gasteiger partial charge is 0.274 e. The van der Waals surface area contributed by atoms with Crippen molar-refractivity contribution in [2.24, 2.45) is 0 Å². The molecule has 0 spiro atoms. The molecule has 0 bridgehead atoms. The zero-order valence-corrected chi connectivity index (χ0v) is 16.2. The largest absolute Gasteiger partial charge is 0.376 e. The molecule has 0 aromatic heterocycles. The van der Waals surface area contributed by atoms with Crippen molar-refractivity contribution < 1.29 is 18.1 Å². The van der Waals surface area contributed by atoms with Crippen LogP contribution in [0.15, 0.2) is 48.5 Å². The Morgan fingerprint density at radius 2 is 1.93 bits per heavy atom. The van der Waals surface area contributed by atoms with Gasteiger partial charge in [0.25, 0.3) is 5.69 Å². The van der Waals surface area contributed by atoms with Crippen LogP contribution >= 0.6 is 0 Å². The molecular formula is C19H21N3O5S. The molecular weight excluding hydrogens is 382 g/mol. The minimum atomic E-state index is -3.16. The van der Waals surface area contributed by atoms with Crippen molar-refractivity contribution >= 4 is 32.8 Å². The molecule has 0 saturated carbocycles. The number of nitro groups is 1. The van der Waals surface area contributed by atoms with Crippen molar-refractivity contribution in [3.05, 3.63) is 64.2 Å². The summed E-state index contributed by atoms with van der Waals surface area (Å²) in [5, 5.41) is 14.0. The number of sulfone groups is 1. The third-order valence-corrected chi connectivity index (χ3v) is 6.56. The van der Waals surface area contributed by atoms with E-state index in [1.165, 1.54) is 11.0 Å². The number of carbonyl (C=O) groups is 1. The minimum Gasteiger partial charge on any atom is -0.376 e. The Bertz CT molecular complexity index is 992. The summed E-state index contributed by atoms with van der Waals surface area (Å²) in [4.78, 5) is 25.1. The van der Waals surface area contributed by atoms with Crippen molar-refractivity contribution in [2.75, 3.05) is 28.3 Å². The third-order valence-electron chi connectivity index (χ3n) is 4.81. The summed E-state index contributed by atoms with van der Waals surface area (Å²) in [6, 6.07) is 13.1. The lowest BCUT2D eigenvalue weighted by molar-refractivity contribution is -0.385. The van der Waals surface area contributed by atoms with E-state index in [2.05, 4.69) is 5.32 Å². The number of benzene rings is 2. The maximum absolute atomic E-state index is 13.0. The number of para-hydroxylation sites is 1. The Balaban J connectivity index is 1.81. The van der Waals surface area contributed by atoms with Crippen LogP contribution < -0.4 is 10.2 Å². The Hall–Kier alpha value is -2.94. The van der Waals surface area contributed by atoms with Gasteiger partial charge < -0.3 is 10.2 Å². The second kappa shape index (κ2) is 7.97. The summed E-state index contributed by atoms with van der Waals surface area (Å²) < 4.78 is 23.8. The van der Waals surface area contributed by atoms with Crippen LogP contribution in [0.3, 0.4) is 0 Å². The number of nitro benzene ring substituents is 1. The first-order valence-corrected chi connectivity index (χ1v) is 10.7. The SMILES string of the molecule is Cc1c(NCC(=O)N(c2ccccc2)C2CCS(=O)(=O)C2)cccc1[N+](=O)[O-]. The Labute approximate surface area is 163 Å². The van der Waals surface area contributed by atoms with E-state index >= 15 is 0 Å². The zero-order chi connectivity index (χ0) is 20.3. The molecule has 1 unspecified atom stereocenters. The van der Waals surface area contributed by atoms with Crippen molar-refractivity contribution in [3.63, 3.8) is 0 Å². The van der Waals surface area contributed by atoms with E-state index in [1.807, 2.05) is 6.07 Å². The van der Waals surface area contributed by atoms with E-state index in [9.17, 15) is 23.3 Å². The molecule has 2 aromatic carbocycles. The van der Waals surface area contributed by atoms with E-state index in [1.54, 1.807) is 43.3 Å².